The lowest BCUT2D eigenvalue weighted by Crippen LogP contribution is -2.25. The number of nitrogens with two attached hydrogens (primary N) is 1. The molecule has 1 aliphatic rings. The number of rotatable bonds is 5. The number of ketones is 1. The van der Waals surface area contributed by atoms with Crippen molar-refractivity contribution in [1.82, 2.24) is 20.3 Å². The average Bonchev–Trinajstić information content (AvgIpc) is 3.41. The number of nitrogens with zero attached hydrogens (tertiary/aromatic N) is 2. The van der Waals surface area contributed by atoms with Gasteiger partial charge in [-0.25, -0.2) is 4.98 Å². The summed E-state index contributed by atoms with van der Waals surface area (Å²) in [5.41, 5.74) is 8.59. The van der Waals surface area contributed by atoms with E-state index in [4.69, 9.17) is 5.73 Å². The molecule has 0 bridgehead atoms. The molecule has 27 heavy (non-hydrogen) atoms. The zero-order valence-electron chi connectivity index (χ0n) is 14.8. The molecule has 3 aromatic rings. The molecule has 1 amide bonds. The summed E-state index contributed by atoms with van der Waals surface area (Å²) in [7, 11) is 0. The second-order valence-electron chi connectivity index (χ2n) is 6.67. The van der Waals surface area contributed by atoms with Crippen molar-refractivity contribution in [2.45, 2.75) is 25.8 Å². The summed E-state index contributed by atoms with van der Waals surface area (Å²) in [5.74, 6) is 0.164. The highest BCUT2D eigenvalue weighted by Gasteiger charge is 2.24. The maximum absolute atomic E-state index is 12.6. The number of imidazole rings is 1. The Morgan fingerprint density at radius 3 is 2.74 bits per heavy atom. The number of hydrogen-bond acceptors (Lipinski definition) is 5. The van der Waals surface area contributed by atoms with E-state index in [0.29, 0.717) is 11.4 Å². The van der Waals surface area contributed by atoms with Gasteiger partial charge in [-0.05, 0) is 49.6 Å². The number of hydrogen-bond donors (Lipinski definition) is 3. The molecule has 2 aromatic heterocycles. The van der Waals surface area contributed by atoms with Crippen molar-refractivity contribution >= 4 is 17.5 Å². The summed E-state index contributed by atoms with van der Waals surface area (Å²) in [6.45, 7) is 1.91. The number of H-pyrrole nitrogens is 1. The van der Waals surface area contributed by atoms with Crippen LogP contribution < -0.4 is 11.1 Å². The first-order chi connectivity index (χ1) is 13.0. The number of carbonyl (C=O) groups excluding carboxylic acids is 2. The van der Waals surface area contributed by atoms with Gasteiger partial charge in [-0.1, -0.05) is 12.1 Å². The van der Waals surface area contributed by atoms with Crippen molar-refractivity contribution in [3.63, 3.8) is 0 Å². The van der Waals surface area contributed by atoms with Gasteiger partial charge in [0.2, 0.25) is 5.78 Å². The van der Waals surface area contributed by atoms with E-state index in [9.17, 15) is 9.59 Å². The molecule has 2 heterocycles. The van der Waals surface area contributed by atoms with E-state index < -0.39 is 0 Å². The molecule has 1 fully saturated rings. The molecular formula is C20H19N5O2. The molecular weight excluding hydrogens is 342 g/mol. The second-order valence-corrected chi connectivity index (χ2v) is 6.67. The molecule has 4 N–H and O–H groups in total. The molecule has 1 aromatic carbocycles. The van der Waals surface area contributed by atoms with E-state index in [1.165, 1.54) is 0 Å². The van der Waals surface area contributed by atoms with Gasteiger partial charge in [-0.2, -0.15) is 0 Å². The van der Waals surface area contributed by atoms with Gasteiger partial charge in [0.05, 0.1) is 0 Å². The molecule has 1 saturated carbocycles. The quantitative estimate of drug-likeness (QED) is 0.604. The van der Waals surface area contributed by atoms with Crippen LogP contribution in [0.2, 0.25) is 0 Å². The van der Waals surface area contributed by atoms with Crippen molar-refractivity contribution in [2.24, 2.45) is 0 Å². The Morgan fingerprint density at radius 2 is 2.04 bits per heavy atom. The van der Waals surface area contributed by atoms with Crippen LogP contribution in [0.4, 0.5) is 5.82 Å². The number of aromatic amines is 1. The maximum Gasteiger partial charge on any atom is 0.251 e. The Balaban J connectivity index is 1.67. The van der Waals surface area contributed by atoms with E-state index >= 15 is 0 Å². The first-order valence-electron chi connectivity index (χ1n) is 8.76. The zero-order chi connectivity index (χ0) is 19.0. The Bertz CT molecular complexity index is 1020. The Kier molecular flexibility index (Phi) is 4.19. The first-order valence-corrected chi connectivity index (χ1v) is 8.76. The minimum Gasteiger partial charge on any atom is -0.383 e. The van der Waals surface area contributed by atoms with E-state index in [1.54, 1.807) is 36.5 Å². The van der Waals surface area contributed by atoms with Crippen molar-refractivity contribution in [3.05, 3.63) is 65.1 Å². The van der Waals surface area contributed by atoms with Crippen LogP contribution in [0.3, 0.4) is 0 Å². The Morgan fingerprint density at radius 1 is 1.22 bits per heavy atom. The number of pyridine rings is 1. The van der Waals surface area contributed by atoms with Gasteiger partial charge >= 0.3 is 0 Å². The monoisotopic (exact) mass is 361 g/mol. The summed E-state index contributed by atoms with van der Waals surface area (Å²) in [6.07, 6.45) is 3.60. The number of benzene rings is 1. The van der Waals surface area contributed by atoms with Crippen LogP contribution >= 0.6 is 0 Å². The third kappa shape index (κ3) is 3.44. The molecule has 1 aliphatic carbocycles. The summed E-state index contributed by atoms with van der Waals surface area (Å²) < 4.78 is 0. The Hall–Kier alpha value is -3.48. The standard InChI is InChI=1S/C20H19N5O2/c1-11-5-6-12(20(27)23-13-7-8-13)10-14(11)19-24-16(18(21)25-19)17(26)15-4-2-3-9-22-15/h2-6,9-10,13H,7-8,21H2,1H3,(H,23,27)(H,24,25). The number of nitrogens with one attached hydrogen (secondary N) is 2. The maximum atomic E-state index is 12.6. The van der Waals surface area contributed by atoms with E-state index in [1.807, 2.05) is 13.0 Å². The summed E-state index contributed by atoms with van der Waals surface area (Å²) in [4.78, 5) is 36.3. The van der Waals surface area contributed by atoms with Gasteiger partial charge in [0.25, 0.3) is 5.91 Å². The van der Waals surface area contributed by atoms with Crippen LogP contribution in [-0.2, 0) is 0 Å². The molecule has 0 radical (unpaired) electrons. The van der Waals surface area contributed by atoms with Crippen LogP contribution in [0.15, 0.2) is 42.6 Å². The highest BCUT2D eigenvalue weighted by atomic mass is 16.1. The lowest BCUT2D eigenvalue weighted by molar-refractivity contribution is 0.0950. The van der Waals surface area contributed by atoms with Crippen LogP contribution in [0.25, 0.3) is 11.4 Å². The van der Waals surface area contributed by atoms with Crippen LogP contribution in [0, 0.1) is 6.92 Å². The predicted molar refractivity (Wildman–Crippen MR) is 101 cm³/mol. The fourth-order valence-electron chi connectivity index (χ4n) is 2.82. The third-order valence-electron chi connectivity index (χ3n) is 4.51. The molecule has 136 valence electrons. The third-order valence-corrected chi connectivity index (χ3v) is 4.51. The fourth-order valence-corrected chi connectivity index (χ4v) is 2.82. The molecule has 7 heteroatoms. The van der Waals surface area contributed by atoms with Crippen molar-refractivity contribution in [2.75, 3.05) is 5.73 Å². The lowest BCUT2D eigenvalue weighted by Gasteiger charge is -2.07. The van der Waals surface area contributed by atoms with Crippen LogP contribution in [-0.4, -0.2) is 32.7 Å². The first kappa shape index (κ1) is 17.0. The molecule has 0 saturated heterocycles. The number of carbonyl (C=O) groups is 2. The van der Waals surface area contributed by atoms with E-state index in [2.05, 4.69) is 20.3 Å². The number of aromatic nitrogens is 3. The molecule has 0 atom stereocenters. The molecule has 0 aliphatic heterocycles. The largest absolute Gasteiger partial charge is 0.383 e. The smallest absolute Gasteiger partial charge is 0.251 e. The van der Waals surface area contributed by atoms with Crippen LogP contribution in [0.5, 0.6) is 0 Å². The second kappa shape index (κ2) is 6.68. The van der Waals surface area contributed by atoms with Crippen molar-refractivity contribution in [1.29, 1.82) is 0 Å². The van der Waals surface area contributed by atoms with E-state index in [-0.39, 0.29) is 34.9 Å². The summed E-state index contributed by atoms with van der Waals surface area (Å²) in [5, 5.41) is 2.97. The molecule has 0 unspecified atom stereocenters. The van der Waals surface area contributed by atoms with Crippen LogP contribution in [0.1, 0.15) is 44.9 Å². The van der Waals surface area contributed by atoms with Gasteiger partial charge in [0.1, 0.15) is 17.3 Å². The van der Waals surface area contributed by atoms with E-state index in [0.717, 1.165) is 24.0 Å². The highest BCUT2D eigenvalue weighted by molar-refractivity contribution is 6.09. The zero-order valence-corrected chi connectivity index (χ0v) is 14.8. The topological polar surface area (TPSA) is 114 Å². The number of amides is 1. The average molecular weight is 361 g/mol. The highest BCUT2D eigenvalue weighted by Crippen LogP contribution is 2.26. The number of nitrogen functional groups attached to an aromatic ring is 1. The number of aryl methyl sites for hydroxylation is 1. The molecule has 7 nitrogen and oxygen atoms in total. The molecule has 0 spiro atoms. The summed E-state index contributed by atoms with van der Waals surface area (Å²) in [6, 6.07) is 10.8. The fraction of sp³-hybridized carbons (Fsp3) is 0.200. The normalized spacial score (nSPS) is 13.4. The molecule has 4 rings (SSSR count). The SMILES string of the molecule is Cc1ccc(C(=O)NC2CC2)cc1-c1nc(C(=O)c2ccccn2)c(N)[nH]1. The predicted octanol–water partition coefficient (Wildman–Crippen LogP) is 2.49. The lowest BCUT2D eigenvalue weighted by atomic mass is 10.0. The van der Waals surface area contributed by atoms with Gasteiger partial charge in [-0.3, -0.25) is 14.6 Å². The Labute approximate surface area is 156 Å². The minimum absolute atomic E-state index is 0.108. The minimum atomic E-state index is -0.351. The van der Waals surface area contributed by atoms with Gasteiger partial charge in [0, 0.05) is 23.4 Å². The summed E-state index contributed by atoms with van der Waals surface area (Å²) >= 11 is 0. The van der Waals surface area contributed by atoms with Gasteiger partial charge in [-0.15, -0.1) is 0 Å². The van der Waals surface area contributed by atoms with Crippen molar-refractivity contribution < 1.29 is 9.59 Å². The number of anilines is 1. The van der Waals surface area contributed by atoms with Crippen molar-refractivity contribution in [3.8, 4) is 11.4 Å². The van der Waals surface area contributed by atoms with Gasteiger partial charge in [0.15, 0.2) is 5.69 Å². The van der Waals surface area contributed by atoms with Gasteiger partial charge < -0.3 is 16.0 Å².